The molecular formula is C19H18OSi. The third-order valence-electron chi connectivity index (χ3n) is 3.66. The normalized spacial score (nSPS) is 11.9. The van der Waals surface area contributed by atoms with E-state index in [9.17, 15) is 0 Å². The minimum atomic E-state index is -1.08. The highest BCUT2D eigenvalue weighted by Gasteiger charge is 2.09. The van der Waals surface area contributed by atoms with E-state index in [1.165, 1.54) is 10.4 Å². The van der Waals surface area contributed by atoms with Gasteiger partial charge in [-0.2, -0.15) is 0 Å². The summed E-state index contributed by atoms with van der Waals surface area (Å²) >= 11 is 0. The molecule has 0 spiro atoms. The van der Waals surface area contributed by atoms with E-state index in [1.807, 2.05) is 30.3 Å². The van der Waals surface area contributed by atoms with Crippen molar-refractivity contribution in [2.24, 2.45) is 0 Å². The number of benzene rings is 3. The number of hydrogen-bond acceptors (Lipinski definition) is 1. The van der Waals surface area contributed by atoms with Gasteiger partial charge >= 0.3 is 0 Å². The van der Waals surface area contributed by atoms with Gasteiger partial charge in [-0.15, -0.1) is 0 Å². The van der Waals surface area contributed by atoms with Crippen LogP contribution in [-0.2, 0) is 0 Å². The van der Waals surface area contributed by atoms with E-state index in [1.54, 1.807) is 0 Å². The van der Waals surface area contributed by atoms with Crippen molar-refractivity contribution in [3.8, 4) is 11.5 Å². The second-order valence-electron chi connectivity index (χ2n) is 5.12. The van der Waals surface area contributed by atoms with Crippen molar-refractivity contribution in [3.63, 3.8) is 0 Å². The van der Waals surface area contributed by atoms with Gasteiger partial charge in [-0.25, -0.2) is 0 Å². The Bertz CT molecular complexity index is 678. The maximum absolute atomic E-state index is 5.83. The summed E-state index contributed by atoms with van der Waals surface area (Å²) < 4.78 is 5.83. The van der Waals surface area contributed by atoms with E-state index in [0.717, 1.165) is 11.5 Å². The van der Waals surface area contributed by atoms with Gasteiger partial charge in [0.2, 0.25) is 0 Å². The van der Waals surface area contributed by atoms with Crippen LogP contribution in [0.25, 0.3) is 0 Å². The molecule has 0 heterocycles. The zero-order valence-corrected chi connectivity index (χ0v) is 13.2. The number of para-hydroxylation sites is 1. The van der Waals surface area contributed by atoms with Crippen LogP contribution < -0.4 is 15.1 Å². The fraction of sp³-hybridized carbons (Fsp3) is 0.0526. The third kappa shape index (κ3) is 3.41. The van der Waals surface area contributed by atoms with Gasteiger partial charge in [-0.1, -0.05) is 77.6 Å². The molecule has 1 unspecified atom stereocenters. The Hall–Kier alpha value is -2.32. The molecule has 0 saturated heterocycles. The first-order valence-corrected chi connectivity index (χ1v) is 9.52. The first-order valence-electron chi connectivity index (χ1n) is 7.21. The second kappa shape index (κ2) is 6.42. The van der Waals surface area contributed by atoms with Crippen LogP contribution in [0, 0.1) is 0 Å². The predicted octanol–water partition coefficient (Wildman–Crippen LogP) is 3.45. The fourth-order valence-electron chi connectivity index (χ4n) is 2.38. The Morgan fingerprint density at radius 3 is 1.67 bits per heavy atom. The van der Waals surface area contributed by atoms with E-state index >= 15 is 0 Å². The molecule has 0 fully saturated rings. The Morgan fingerprint density at radius 2 is 1.05 bits per heavy atom. The Labute approximate surface area is 127 Å². The highest BCUT2D eigenvalue weighted by Crippen LogP contribution is 2.19. The van der Waals surface area contributed by atoms with Crippen molar-refractivity contribution >= 4 is 19.2 Å². The molecule has 2 heteroatoms. The molecule has 0 N–H and O–H groups in total. The third-order valence-corrected chi connectivity index (χ3v) is 6.43. The summed E-state index contributed by atoms with van der Waals surface area (Å²) in [5.41, 5.74) is 0. The van der Waals surface area contributed by atoms with Crippen molar-refractivity contribution < 1.29 is 4.74 Å². The molecular weight excluding hydrogens is 272 g/mol. The smallest absolute Gasteiger partial charge is 0.127 e. The molecule has 104 valence electrons. The van der Waals surface area contributed by atoms with E-state index in [4.69, 9.17) is 4.74 Å². The van der Waals surface area contributed by atoms with Crippen LogP contribution in [0.2, 0.25) is 6.55 Å². The van der Waals surface area contributed by atoms with E-state index in [2.05, 4.69) is 61.1 Å². The van der Waals surface area contributed by atoms with Crippen molar-refractivity contribution in [1.82, 2.24) is 0 Å². The van der Waals surface area contributed by atoms with Crippen LogP contribution in [-0.4, -0.2) is 8.80 Å². The summed E-state index contributed by atoms with van der Waals surface area (Å²) in [4.78, 5) is 0. The fourth-order valence-corrected chi connectivity index (χ4v) is 4.34. The van der Waals surface area contributed by atoms with Crippen molar-refractivity contribution in [1.29, 1.82) is 0 Å². The molecule has 3 rings (SSSR count). The molecule has 0 aromatic heterocycles. The zero-order chi connectivity index (χ0) is 14.5. The summed E-state index contributed by atoms with van der Waals surface area (Å²) in [5.74, 6) is 1.76. The van der Waals surface area contributed by atoms with Gasteiger partial charge in [-0.3, -0.25) is 0 Å². The molecule has 0 saturated carbocycles. The van der Waals surface area contributed by atoms with Crippen LogP contribution >= 0.6 is 0 Å². The van der Waals surface area contributed by atoms with Gasteiger partial charge in [0.05, 0.1) is 8.80 Å². The quantitative estimate of drug-likeness (QED) is 0.669. The molecule has 0 aliphatic carbocycles. The monoisotopic (exact) mass is 290 g/mol. The maximum Gasteiger partial charge on any atom is 0.127 e. The molecule has 3 aromatic rings. The van der Waals surface area contributed by atoms with Crippen LogP contribution in [0.15, 0.2) is 84.9 Å². The lowest BCUT2D eigenvalue weighted by Crippen LogP contribution is -2.38. The van der Waals surface area contributed by atoms with Gasteiger partial charge in [0.25, 0.3) is 0 Å². The van der Waals surface area contributed by atoms with E-state index < -0.39 is 8.80 Å². The SMILES string of the molecule is C[SiH](c1ccccc1)c1ccc(Oc2ccccc2)cc1. The molecule has 1 nitrogen and oxygen atoms in total. The van der Waals surface area contributed by atoms with Crippen LogP contribution in [0.5, 0.6) is 11.5 Å². The van der Waals surface area contributed by atoms with Crippen molar-refractivity contribution in [2.45, 2.75) is 6.55 Å². The van der Waals surface area contributed by atoms with Crippen LogP contribution in [0.1, 0.15) is 0 Å². The summed E-state index contributed by atoms with van der Waals surface area (Å²) in [5, 5.41) is 2.90. The maximum atomic E-state index is 5.83. The molecule has 0 aliphatic heterocycles. The molecule has 21 heavy (non-hydrogen) atoms. The average molecular weight is 290 g/mol. The van der Waals surface area contributed by atoms with Gasteiger partial charge in [0.1, 0.15) is 11.5 Å². The minimum absolute atomic E-state index is 0.874. The molecule has 0 amide bonds. The molecule has 1 atom stereocenters. The second-order valence-corrected chi connectivity index (χ2v) is 7.89. The lowest BCUT2D eigenvalue weighted by atomic mass is 10.3. The Balaban J connectivity index is 1.75. The standard InChI is InChI=1S/C19H18OSi/c1-21(18-10-6-3-7-11-18)19-14-12-17(13-15-19)20-16-8-4-2-5-9-16/h2-15,21H,1H3. The average Bonchev–Trinajstić information content (AvgIpc) is 2.57. The number of ether oxygens (including phenoxy) is 1. The van der Waals surface area contributed by atoms with Gasteiger partial charge in [0, 0.05) is 0 Å². The highest BCUT2D eigenvalue weighted by molar-refractivity contribution is 6.84. The lowest BCUT2D eigenvalue weighted by molar-refractivity contribution is 0.483. The zero-order valence-electron chi connectivity index (χ0n) is 12.1. The van der Waals surface area contributed by atoms with E-state index in [0.29, 0.717) is 0 Å². The summed E-state index contributed by atoms with van der Waals surface area (Å²) in [6.07, 6.45) is 0. The molecule has 0 bridgehead atoms. The lowest BCUT2D eigenvalue weighted by Gasteiger charge is -2.12. The first-order chi connectivity index (χ1) is 10.3. The summed E-state index contributed by atoms with van der Waals surface area (Å²) in [7, 11) is -1.08. The van der Waals surface area contributed by atoms with Gasteiger partial charge < -0.3 is 4.74 Å². The van der Waals surface area contributed by atoms with Crippen LogP contribution in [0.4, 0.5) is 0 Å². The highest BCUT2D eigenvalue weighted by atomic mass is 28.3. The van der Waals surface area contributed by atoms with Crippen molar-refractivity contribution in [2.75, 3.05) is 0 Å². The minimum Gasteiger partial charge on any atom is -0.457 e. The van der Waals surface area contributed by atoms with Crippen molar-refractivity contribution in [3.05, 3.63) is 84.9 Å². The molecule has 3 aromatic carbocycles. The molecule has 0 aliphatic rings. The van der Waals surface area contributed by atoms with Gasteiger partial charge in [0.15, 0.2) is 0 Å². The number of hydrogen-bond donors (Lipinski definition) is 0. The first kappa shape index (κ1) is 13.7. The molecule has 0 radical (unpaired) electrons. The predicted molar refractivity (Wildman–Crippen MR) is 91.7 cm³/mol. The topological polar surface area (TPSA) is 9.23 Å². The summed E-state index contributed by atoms with van der Waals surface area (Å²) in [6, 6.07) is 29.2. The summed E-state index contributed by atoms with van der Waals surface area (Å²) in [6.45, 7) is 2.36. The largest absolute Gasteiger partial charge is 0.457 e. The van der Waals surface area contributed by atoms with Crippen LogP contribution in [0.3, 0.4) is 0 Å². The Kier molecular flexibility index (Phi) is 4.17. The Morgan fingerprint density at radius 1 is 0.571 bits per heavy atom. The number of rotatable bonds is 4. The van der Waals surface area contributed by atoms with E-state index in [-0.39, 0.29) is 0 Å². The van der Waals surface area contributed by atoms with Gasteiger partial charge in [-0.05, 0) is 24.3 Å².